The number of nitrogens with one attached hydrogen (secondary N) is 1. The Bertz CT molecular complexity index is 579. The summed E-state index contributed by atoms with van der Waals surface area (Å²) in [5.41, 5.74) is 1.44. The van der Waals surface area contributed by atoms with Gasteiger partial charge in [0.2, 0.25) is 11.8 Å². The van der Waals surface area contributed by atoms with E-state index in [0.717, 1.165) is 38.6 Å². The highest BCUT2D eigenvalue weighted by Crippen LogP contribution is 2.40. The van der Waals surface area contributed by atoms with Crippen LogP contribution < -0.4 is 5.32 Å². The van der Waals surface area contributed by atoms with Crippen molar-refractivity contribution in [1.29, 1.82) is 0 Å². The Kier molecular flexibility index (Phi) is 6.11. The molecule has 0 atom stereocenters. The lowest BCUT2D eigenvalue weighted by atomic mass is 9.79. The predicted octanol–water partition coefficient (Wildman–Crippen LogP) is 3.41. The summed E-state index contributed by atoms with van der Waals surface area (Å²) in [5.74, 6) is 0.279. The van der Waals surface area contributed by atoms with E-state index in [1.807, 2.05) is 11.0 Å². The molecule has 1 saturated heterocycles. The molecule has 2 amide bonds. The minimum absolute atomic E-state index is 0.0688. The van der Waals surface area contributed by atoms with Crippen molar-refractivity contribution >= 4 is 11.8 Å². The van der Waals surface area contributed by atoms with Crippen molar-refractivity contribution in [2.75, 3.05) is 19.6 Å². The molecule has 2 fully saturated rings. The fourth-order valence-electron chi connectivity index (χ4n) is 4.28. The molecule has 1 aliphatic carbocycles. The molecule has 1 heterocycles. The average molecular weight is 342 g/mol. The summed E-state index contributed by atoms with van der Waals surface area (Å²) in [6.45, 7) is 2.08. The van der Waals surface area contributed by atoms with Crippen molar-refractivity contribution < 1.29 is 9.59 Å². The number of nitrogens with zero attached hydrogens (tertiary/aromatic N) is 1. The number of benzene rings is 1. The van der Waals surface area contributed by atoms with Crippen LogP contribution in [0.15, 0.2) is 30.3 Å². The lowest BCUT2D eigenvalue weighted by molar-refractivity contribution is -0.131. The van der Waals surface area contributed by atoms with Gasteiger partial charge in [0.15, 0.2) is 0 Å². The van der Waals surface area contributed by atoms with Gasteiger partial charge in [0.25, 0.3) is 0 Å². The number of carbonyl (C=O) groups excluding carboxylic acids is 2. The third kappa shape index (κ3) is 4.62. The fourth-order valence-corrected chi connectivity index (χ4v) is 4.28. The van der Waals surface area contributed by atoms with Gasteiger partial charge in [0.1, 0.15) is 0 Å². The van der Waals surface area contributed by atoms with Crippen LogP contribution in [-0.2, 0) is 15.0 Å². The van der Waals surface area contributed by atoms with E-state index in [9.17, 15) is 9.59 Å². The molecule has 0 unspecified atom stereocenters. The van der Waals surface area contributed by atoms with Crippen LogP contribution in [0.4, 0.5) is 0 Å². The molecule has 3 rings (SSSR count). The minimum atomic E-state index is 0.0688. The summed E-state index contributed by atoms with van der Waals surface area (Å²) in [4.78, 5) is 26.3. The van der Waals surface area contributed by atoms with Gasteiger partial charge < -0.3 is 10.2 Å². The number of hydrogen-bond acceptors (Lipinski definition) is 2. The van der Waals surface area contributed by atoms with Crippen LogP contribution in [0.25, 0.3) is 0 Å². The van der Waals surface area contributed by atoms with E-state index in [-0.39, 0.29) is 17.2 Å². The molecule has 1 aromatic carbocycles. The van der Waals surface area contributed by atoms with E-state index in [1.54, 1.807) is 0 Å². The topological polar surface area (TPSA) is 49.4 Å². The van der Waals surface area contributed by atoms with Crippen LogP contribution >= 0.6 is 0 Å². The molecule has 0 aromatic heterocycles. The predicted molar refractivity (Wildman–Crippen MR) is 99.3 cm³/mol. The Morgan fingerprint density at radius 2 is 1.80 bits per heavy atom. The average Bonchev–Trinajstić information content (AvgIpc) is 3.03. The third-order valence-corrected chi connectivity index (χ3v) is 5.85. The Morgan fingerprint density at radius 3 is 2.56 bits per heavy atom. The second-order valence-corrected chi connectivity index (χ2v) is 7.57. The molecule has 1 aliphatic heterocycles. The number of hydrogen-bond donors (Lipinski definition) is 1. The van der Waals surface area contributed by atoms with Crippen LogP contribution in [0.2, 0.25) is 0 Å². The van der Waals surface area contributed by atoms with E-state index >= 15 is 0 Å². The summed E-state index contributed by atoms with van der Waals surface area (Å²) in [7, 11) is 0. The van der Waals surface area contributed by atoms with E-state index in [1.165, 1.54) is 18.4 Å². The SMILES string of the molecule is O=C(CCN1CCCCCC1=O)NCC1(c2ccccc2)CCCC1. The largest absolute Gasteiger partial charge is 0.355 e. The van der Waals surface area contributed by atoms with Crippen LogP contribution in [0.3, 0.4) is 0 Å². The number of carbonyl (C=O) groups is 2. The van der Waals surface area contributed by atoms with Crippen LogP contribution in [0, 0.1) is 0 Å². The highest BCUT2D eigenvalue weighted by Gasteiger charge is 2.35. The Balaban J connectivity index is 1.51. The van der Waals surface area contributed by atoms with Crippen LogP contribution in [0.5, 0.6) is 0 Å². The van der Waals surface area contributed by atoms with E-state index in [4.69, 9.17) is 0 Å². The quantitative estimate of drug-likeness (QED) is 0.861. The molecule has 136 valence electrons. The summed E-state index contributed by atoms with van der Waals surface area (Å²) in [5, 5.41) is 3.16. The fraction of sp³-hybridized carbons (Fsp3) is 0.619. The molecule has 4 heteroatoms. The Hall–Kier alpha value is -1.84. The van der Waals surface area contributed by atoms with E-state index < -0.39 is 0 Å². The van der Waals surface area contributed by atoms with E-state index in [0.29, 0.717) is 25.9 Å². The molecule has 1 N–H and O–H groups in total. The molecule has 0 bridgehead atoms. The molecule has 2 aliphatic rings. The second kappa shape index (κ2) is 8.50. The zero-order valence-corrected chi connectivity index (χ0v) is 15.1. The first kappa shape index (κ1) is 18.0. The standard InChI is InChI=1S/C21H30N2O2/c24-19(12-16-23-15-8-2-5-11-20(23)25)22-17-21(13-6-7-14-21)18-9-3-1-4-10-18/h1,3-4,9-10H,2,5-8,11-17H2,(H,22,24). The van der Waals surface area contributed by atoms with Crippen molar-refractivity contribution in [2.24, 2.45) is 0 Å². The maximum Gasteiger partial charge on any atom is 0.222 e. The summed E-state index contributed by atoms with van der Waals surface area (Å²) in [6, 6.07) is 10.6. The van der Waals surface area contributed by atoms with Gasteiger partial charge in [-0.1, -0.05) is 49.6 Å². The zero-order valence-electron chi connectivity index (χ0n) is 15.1. The molecule has 1 aromatic rings. The highest BCUT2D eigenvalue weighted by atomic mass is 16.2. The number of amides is 2. The molecule has 25 heavy (non-hydrogen) atoms. The van der Waals surface area contributed by atoms with Gasteiger partial charge in [0.05, 0.1) is 0 Å². The first-order chi connectivity index (χ1) is 12.2. The third-order valence-electron chi connectivity index (χ3n) is 5.85. The number of likely N-dealkylation sites (tertiary alicyclic amines) is 1. The molecule has 0 radical (unpaired) electrons. The van der Waals surface area contributed by atoms with Crippen molar-refractivity contribution in [3.8, 4) is 0 Å². The smallest absolute Gasteiger partial charge is 0.222 e. The Labute approximate surface area is 151 Å². The Morgan fingerprint density at radius 1 is 1.04 bits per heavy atom. The molecule has 4 nitrogen and oxygen atoms in total. The second-order valence-electron chi connectivity index (χ2n) is 7.57. The zero-order chi connectivity index (χ0) is 17.5. The first-order valence-electron chi connectivity index (χ1n) is 9.80. The van der Waals surface area contributed by atoms with Crippen LogP contribution in [0.1, 0.15) is 63.4 Å². The van der Waals surface area contributed by atoms with Gasteiger partial charge in [-0.2, -0.15) is 0 Å². The minimum Gasteiger partial charge on any atom is -0.355 e. The maximum atomic E-state index is 12.4. The molecule has 1 saturated carbocycles. The number of rotatable bonds is 6. The lowest BCUT2D eigenvalue weighted by Crippen LogP contribution is -2.40. The van der Waals surface area contributed by atoms with Gasteiger partial charge in [-0.15, -0.1) is 0 Å². The summed E-state index contributed by atoms with van der Waals surface area (Å²) in [6.07, 6.45) is 8.96. The van der Waals surface area contributed by atoms with Gasteiger partial charge in [-0.05, 0) is 31.2 Å². The van der Waals surface area contributed by atoms with Crippen molar-refractivity contribution in [2.45, 2.75) is 63.2 Å². The van der Waals surface area contributed by atoms with Crippen molar-refractivity contribution in [3.05, 3.63) is 35.9 Å². The first-order valence-corrected chi connectivity index (χ1v) is 9.80. The maximum absolute atomic E-state index is 12.4. The van der Waals surface area contributed by atoms with E-state index in [2.05, 4.69) is 29.6 Å². The summed E-state index contributed by atoms with van der Waals surface area (Å²) < 4.78 is 0. The van der Waals surface area contributed by atoms with Crippen molar-refractivity contribution in [3.63, 3.8) is 0 Å². The van der Waals surface area contributed by atoms with Crippen LogP contribution in [-0.4, -0.2) is 36.3 Å². The van der Waals surface area contributed by atoms with Gasteiger partial charge in [-0.3, -0.25) is 9.59 Å². The monoisotopic (exact) mass is 342 g/mol. The van der Waals surface area contributed by atoms with Gasteiger partial charge in [0, 0.05) is 37.9 Å². The van der Waals surface area contributed by atoms with Crippen molar-refractivity contribution in [1.82, 2.24) is 10.2 Å². The molecule has 0 spiro atoms. The molecular weight excluding hydrogens is 312 g/mol. The summed E-state index contributed by atoms with van der Waals surface area (Å²) >= 11 is 0. The molecular formula is C21H30N2O2. The van der Waals surface area contributed by atoms with Gasteiger partial charge in [-0.25, -0.2) is 0 Å². The van der Waals surface area contributed by atoms with Gasteiger partial charge >= 0.3 is 0 Å². The normalized spacial score (nSPS) is 20.3. The lowest BCUT2D eigenvalue weighted by Gasteiger charge is -2.30. The highest BCUT2D eigenvalue weighted by molar-refractivity contribution is 5.79.